The van der Waals surface area contributed by atoms with Crippen LogP contribution >= 0.6 is 0 Å². The molecule has 134 valence electrons. The summed E-state index contributed by atoms with van der Waals surface area (Å²) in [5.41, 5.74) is 1.10. The number of ether oxygens (including phenoxy) is 1. The normalized spacial score (nSPS) is 19.9. The van der Waals surface area contributed by atoms with E-state index < -0.39 is 11.8 Å². The summed E-state index contributed by atoms with van der Waals surface area (Å²) in [5, 5.41) is 13.6. The first-order valence-electron chi connectivity index (χ1n) is 8.45. The number of carbonyl (C=O) groups is 2. The number of Topliss-reactive ketones (excluding diaryl/α,β-unsaturated/α-hetero) is 1. The van der Waals surface area contributed by atoms with Gasteiger partial charge in [-0.25, -0.2) is 9.78 Å². The van der Waals surface area contributed by atoms with Crippen LogP contribution in [0, 0.1) is 0 Å². The minimum atomic E-state index is -1.27. The lowest BCUT2D eigenvalue weighted by Gasteiger charge is -2.22. The van der Waals surface area contributed by atoms with E-state index in [1.807, 2.05) is 11.0 Å². The molecule has 3 N–H and O–H groups in total. The first kappa shape index (κ1) is 16.3. The molecule has 8 nitrogen and oxygen atoms in total. The Balaban J connectivity index is 1.70. The van der Waals surface area contributed by atoms with Gasteiger partial charge in [-0.2, -0.15) is 0 Å². The Morgan fingerprint density at radius 2 is 2.23 bits per heavy atom. The molecule has 0 aromatic carbocycles. The second-order valence-corrected chi connectivity index (χ2v) is 6.16. The number of nitrogens with zero attached hydrogens (tertiary/aromatic N) is 2. The van der Waals surface area contributed by atoms with Gasteiger partial charge in [0.15, 0.2) is 11.3 Å². The van der Waals surface area contributed by atoms with Gasteiger partial charge in [0, 0.05) is 43.0 Å². The predicted octanol–water partition coefficient (Wildman–Crippen LogP) is 1.09. The SMILES string of the molecule is O=C(O)C1=C(N2CCCNCC2)OC(=Cc2c[nH]c3ncccc23)C1=O. The maximum Gasteiger partial charge on any atom is 0.345 e. The molecule has 4 heterocycles. The van der Waals surface area contributed by atoms with Crippen molar-refractivity contribution in [3.63, 3.8) is 0 Å². The molecule has 0 unspecified atom stereocenters. The van der Waals surface area contributed by atoms with Gasteiger partial charge < -0.3 is 25.0 Å². The minimum Gasteiger partial charge on any atom is -0.477 e. The number of carboxylic acid groups (broad SMARTS) is 1. The Hall–Kier alpha value is -3.13. The van der Waals surface area contributed by atoms with E-state index in [-0.39, 0.29) is 17.2 Å². The third kappa shape index (κ3) is 2.84. The number of ketones is 1. The Kier molecular flexibility index (Phi) is 4.18. The molecule has 0 spiro atoms. The van der Waals surface area contributed by atoms with Crippen LogP contribution in [0.3, 0.4) is 0 Å². The second-order valence-electron chi connectivity index (χ2n) is 6.16. The molecule has 0 atom stereocenters. The highest BCUT2D eigenvalue weighted by Crippen LogP contribution is 2.30. The van der Waals surface area contributed by atoms with Gasteiger partial charge >= 0.3 is 5.97 Å². The molecule has 2 aliphatic rings. The maximum atomic E-state index is 12.6. The second kappa shape index (κ2) is 6.64. The molecule has 2 aromatic heterocycles. The van der Waals surface area contributed by atoms with E-state index in [4.69, 9.17) is 4.74 Å². The van der Waals surface area contributed by atoms with Crippen molar-refractivity contribution in [2.24, 2.45) is 0 Å². The zero-order valence-corrected chi connectivity index (χ0v) is 14.0. The van der Waals surface area contributed by atoms with Crippen molar-refractivity contribution < 1.29 is 19.4 Å². The summed E-state index contributed by atoms with van der Waals surface area (Å²) < 4.78 is 5.74. The highest BCUT2D eigenvalue weighted by Gasteiger charge is 2.38. The molecule has 2 aromatic rings. The number of aromatic amines is 1. The molecule has 0 bridgehead atoms. The van der Waals surface area contributed by atoms with Gasteiger partial charge in [0.25, 0.3) is 0 Å². The highest BCUT2D eigenvalue weighted by molar-refractivity contribution is 6.26. The monoisotopic (exact) mass is 354 g/mol. The summed E-state index contributed by atoms with van der Waals surface area (Å²) in [4.78, 5) is 33.4. The van der Waals surface area contributed by atoms with Crippen LogP contribution < -0.4 is 5.32 Å². The largest absolute Gasteiger partial charge is 0.477 e. The summed E-state index contributed by atoms with van der Waals surface area (Å²) in [6.45, 7) is 2.78. The average molecular weight is 354 g/mol. The number of aromatic nitrogens is 2. The van der Waals surface area contributed by atoms with Crippen LogP contribution in [0.1, 0.15) is 12.0 Å². The fourth-order valence-electron chi connectivity index (χ4n) is 3.21. The fraction of sp³-hybridized carbons (Fsp3) is 0.278. The fourth-order valence-corrected chi connectivity index (χ4v) is 3.21. The van der Waals surface area contributed by atoms with Crippen LogP contribution in [0.25, 0.3) is 17.1 Å². The summed E-state index contributed by atoms with van der Waals surface area (Å²) >= 11 is 0. The van der Waals surface area contributed by atoms with E-state index in [1.165, 1.54) is 0 Å². The van der Waals surface area contributed by atoms with Gasteiger partial charge in [-0.1, -0.05) is 0 Å². The first-order chi connectivity index (χ1) is 12.6. The Labute approximate surface area is 149 Å². The molecule has 2 aliphatic heterocycles. The number of hydrogen-bond acceptors (Lipinski definition) is 6. The number of allylic oxidation sites excluding steroid dienone is 1. The lowest BCUT2D eigenvalue weighted by atomic mass is 10.1. The van der Waals surface area contributed by atoms with Gasteiger partial charge in [0.1, 0.15) is 5.65 Å². The summed E-state index contributed by atoms with van der Waals surface area (Å²) in [5.74, 6) is -1.73. The molecule has 26 heavy (non-hydrogen) atoms. The molecule has 4 rings (SSSR count). The standard InChI is InChI=1S/C18H18N4O4/c23-15-13(9-11-10-21-16-12(11)3-1-5-20-16)26-17(14(15)18(24)25)22-7-2-4-19-6-8-22/h1,3,5,9-10,19H,2,4,6-8H2,(H,20,21)(H,24,25). The number of fused-ring (bicyclic) bond motifs is 1. The van der Waals surface area contributed by atoms with E-state index in [9.17, 15) is 14.7 Å². The van der Waals surface area contributed by atoms with Crippen molar-refractivity contribution >= 4 is 28.9 Å². The molecule has 0 aliphatic carbocycles. The van der Waals surface area contributed by atoms with E-state index in [2.05, 4.69) is 15.3 Å². The molecular formula is C18H18N4O4. The summed E-state index contributed by atoms with van der Waals surface area (Å²) in [6.07, 6.45) is 5.80. The van der Waals surface area contributed by atoms with Crippen molar-refractivity contribution in [3.05, 3.63) is 47.3 Å². The third-order valence-corrected chi connectivity index (χ3v) is 4.48. The number of carbonyl (C=O) groups excluding carboxylic acids is 1. The van der Waals surface area contributed by atoms with Crippen molar-refractivity contribution in [2.45, 2.75) is 6.42 Å². The zero-order valence-electron chi connectivity index (χ0n) is 14.0. The predicted molar refractivity (Wildman–Crippen MR) is 93.9 cm³/mol. The first-order valence-corrected chi connectivity index (χ1v) is 8.45. The number of carboxylic acids is 1. The minimum absolute atomic E-state index is 0.0133. The lowest BCUT2D eigenvalue weighted by Crippen LogP contribution is -2.29. The number of hydrogen-bond donors (Lipinski definition) is 3. The van der Waals surface area contributed by atoms with Crippen LogP contribution in [0.15, 0.2) is 41.7 Å². The van der Waals surface area contributed by atoms with E-state index in [0.29, 0.717) is 25.3 Å². The number of H-pyrrole nitrogens is 1. The number of nitrogens with one attached hydrogen (secondary N) is 2. The van der Waals surface area contributed by atoms with E-state index in [0.717, 1.165) is 23.9 Å². The summed E-state index contributed by atoms with van der Waals surface area (Å²) in [6, 6.07) is 3.67. The number of rotatable bonds is 3. The Morgan fingerprint density at radius 3 is 3.08 bits per heavy atom. The Bertz CT molecular complexity index is 936. The van der Waals surface area contributed by atoms with Crippen molar-refractivity contribution in [2.75, 3.05) is 26.2 Å². The lowest BCUT2D eigenvalue weighted by molar-refractivity contribution is -0.134. The van der Waals surface area contributed by atoms with E-state index in [1.54, 1.807) is 24.5 Å². The molecule has 8 heteroatoms. The molecular weight excluding hydrogens is 336 g/mol. The number of aliphatic carboxylic acids is 1. The molecule has 1 saturated heterocycles. The van der Waals surface area contributed by atoms with Crippen molar-refractivity contribution in [3.8, 4) is 0 Å². The third-order valence-electron chi connectivity index (χ3n) is 4.48. The van der Waals surface area contributed by atoms with E-state index >= 15 is 0 Å². The van der Waals surface area contributed by atoms with Gasteiger partial charge in [-0.3, -0.25) is 4.79 Å². The van der Waals surface area contributed by atoms with Crippen LogP contribution in [-0.2, 0) is 14.3 Å². The maximum absolute atomic E-state index is 12.6. The Morgan fingerprint density at radius 1 is 1.35 bits per heavy atom. The van der Waals surface area contributed by atoms with Gasteiger partial charge in [-0.15, -0.1) is 0 Å². The van der Waals surface area contributed by atoms with Crippen LogP contribution in [0.5, 0.6) is 0 Å². The summed E-state index contributed by atoms with van der Waals surface area (Å²) in [7, 11) is 0. The van der Waals surface area contributed by atoms with Gasteiger partial charge in [0.2, 0.25) is 11.7 Å². The smallest absolute Gasteiger partial charge is 0.345 e. The van der Waals surface area contributed by atoms with Crippen molar-refractivity contribution in [1.82, 2.24) is 20.2 Å². The van der Waals surface area contributed by atoms with Gasteiger partial charge in [0.05, 0.1) is 0 Å². The van der Waals surface area contributed by atoms with Gasteiger partial charge in [-0.05, 0) is 31.2 Å². The van der Waals surface area contributed by atoms with Crippen LogP contribution in [-0.4, -0.2) is 57.9 Å². The van der Waals surface area contributed by atoms with Crippen LogP contribution in [0.4, 0.5) is 0 Å². The quantitative estimate of drug-likeness (QED) is 0.559. The molecule has 0 amide bonds. The molecule has 0 radical (unpaired) electrons. The number of pyridine rings is 1. The molecule has 1 fully saturated rings. The topological polar surface area (TPSA) is 108 Å². The molecule has 0 saturated carbocycles. The van der Waals surface area contributed by atoms with Crippen LogP contribution in [0.2, 0.25) is 0 Å². The van der Waals surface area contributed by atoms with Crippen molar-refractivity contribution in [1.29, 1.82) is 0 Å². The average Bonchev–Trinajstić information content (AvgIpc) is 3.05. The highest BCUT2D eigenvalue weighted by atomic mass is 16.5. The zero-order chi connectivity index (χ0) is 18.1.